The van der Waals surface area contributed by atoms with Crippen LogP contribution in [-0.2, 0) is 11.3 Å². The van der Waals surface area contributed by atoms with Crippen LogP contribution in [0.5, 0.6) is 11.5 Å². The number of aliphatic hydroxyl groups is 3. The summed E-state index contributed by atoms with van der Waals surface area (Å²) < 4.78 is 10.7. The molecule has 30 heavy (non-hydrogen) atoms. The van der Waals surface area contributed by atoms with Crippen LogP contribution in [0.25, 0.3) is 0 Å². The normalized spacial score (nSPS) is 37.5. The molecule has 7 heteroatoms. The number of carbonyl (C=O) groups excluding carboxylic acids is 1. The average molecular weight is 420 g/mol. The molecule has 1 aromatic carbocycles. The number of hydrogen-bond donors (Lipinski definition) is 4. The Kier molecular flexibility index (Phi) is 5.72. The lowest BCUT2D eigenvalue weighted by atomic mass is 9.46. The van der Waals surface area contributed by atoms with E-state index in [2.05, 4.69) is 12.2 Å². The lowest BCUT2D eigenvalue weighted by Gasteiger charge is -2.60. The maximum absolute atomic E-state index is 12.8. The van der Waals surface area contributed by atoms with Gasteiger partial charge < -0.3 is 30.1 Å². The summed E-state index contributed by atoms with van der Waals surface area (Å²) in [4.78, 5) is 12.8. The number of fused-ring (bicyclic) bond motifs is 2. The van der Waals surface area contributed by atoms with E-state index in [0.717, 1.165) is 18.4 Å². The third-order valence-corrected chi connectivity index (χ3v) is 8.05. The first kappa shape index (κ1) is 21.4. The summed E-state index contributed by atoms with van der Waals surface area (Å²) in [5.74, 6) is 1.15. The molecule has 0 spiro atoms. The van der Waals surface area contributed by atoms with Crippen LogP contribution in [0.2, 0.25) is 0 Å². The summed E-state index contributed by atoms with van der Waals surface area (Å²) in [6, 6.07) is 5.60. The molecule has 2 saturated carbocycles. The summed E-state index contributed by atoms with van der Waals surface area (Å²) in [5.41, 5.74) is 0.0215. The SMILES string of the molecule is C[C@]1(CO)C2CC[C@@H](O)[C@@H](CC(=O)NCc3ccc4c(c3)OCO4)[C@]2(C)CC[C@H]1O. The van der Waals surface area contributed by atoms with Crippen molar-refractivity contribution in [2.45, 2.75) is 64.7 Å². The number of rotatable bonds is 5. The van der Waals surface area contributed by atoms with E-state index in [4.69, 9.17) is 9.47 Å². The van der Waals surface area contributed by atoms with E-state index in [0.29, 0.717) is 30.9 Å². The predicted molar refractivity (Wildman–Crippen MR) is 110 cm³/mol. The van der Waals surface area contributed by atoms with Crippen LogP contribution in [0.4, 0.5) is 0 Å². The summed E-state index contributed by atoms with van der Waals surface area (Å²) in [7, 11) is 0. The van der Waals surface area contributed by atoms with Crippen LogP contribution in [0.15, 0.2) is 18.2 Å². The molecule has 1 amide bonds. The Balaban J connectivity index is 1.44. The van der Waals surface area contributed by atoms with E-state index >= 15 is 0 Å². The number of carbonyl (C=O) groups is 1. The number of benzene rings is 1. The molecule has 4 rings (SSSR count). The second-order valence-corrected chi connectivity index (χ2v) is 9.70. The molecule has 1 aliphatic heterocycles. The Hall–Kier alpha value is -1.83. The molecule has 2 fully saturated rings. The van der Waals surface area contributed by atoms with Gasteiger partial charge in [0.25, 0.3) is 0 Å². The van der Waals surface area contributed by atoms with E-state index < -0.39 is 17.6 Å². The minimum Gasteiger partial charge on any atom is -0.454 e. The summed E-state index contributed by atoms with van der Waals surface area (Å²) >= 11 is 0. The van der Waals surface area contributed by atoms with Gasteiger partial charge in [0.1, 0.15) is 0 Å². The molecule has 0 bridgehead atoms. The van der Waals surface area contributed by atoms with Gasteiger partial charge >= 0.3 is 0 Å². The standard InChI is InChI=1S/C23H33NO6/c1-22-8-7-20(27)23(2,12-25)19(22)6-4-16(26)15(22)10-21(28)24-11-14-3-5-17-18(9-14)30-13-29-17/h3,5,9,15-16,19-20,25-27H,4,6-8,10-13H2,1-2H3,(H,24,28)/t15-,16-,19?,20-,22+,23+/m1/s1. The third-order valence-electron chi connectivity index (χ3n) is 8.05. The van der Waals surface area contributed by atoms with Gasteiger partial charge in [-0.05, 0) is 60.6 Å². The highest BCUT2D eigenvalue weighted by atomic mass is 16.7. The number of hydrogen-bond acceptors (Lipinski definition) is 6. The van der Waals surface area contributed by atoms with E-state index in [9.17, 15) is 20.1 Å². The van der Waals surface area contributed by atoms with E-state index in [1.807, 2.05) is 25.1 Å². The minimum absolute atomic E-state index is 0.0637. The molecular weight excluding hydrogens is 386 g/mol. The Bertz CT molecular complexity index is 800. The first-order valence-electron chi connectivity index (χ1n) is 10.9. The number of nitrogens with one attached hydrogen (secondary N) is 1. The monoisotopic (exact) mass is 419 g/mol. The van der Waals surface area contributed by atoms with Gasteiger partial charge in [0.05, 0.1) is 18.8 Å². The van der Waals surface area contributed by atoms with Crippen molar-refractivity contribution in [1.82, 2.24) is 5.32 Å². The topological polar surface area (TPSA) is 108 Å². The zero-order valence-corrected chi connectivity index (χ0v) is 17.8. The van der Waals surface area contributed by atoms with Crippen molar-refractivity contribution >= 4 is 5.91 Å². The lowest BCUT2D eigenvalue weighted by Crippen LogP contribution is -2.60. The van der Waals surface area contributed by atoms with E-state index in [1.54, 1.807) is 0 Å². The van der Waals surface area contributed by atoms with E-state index in [1.165, 1.54) is 0 Å². The second kappa shape index (κ2) is 8.02. The highest BCUT2D eigenvalue weighted by Crippen LogP contribution is 2.60. The van der Waals surface area contributed by atoms with Crippen LogP contribution >= 0.6 is 0 Å². The molecule has 0 aromatic heterocycles. The van der Waals surface area contributed by atoms with Gasteiger partial charge in [0.15, 0.2) is 11.5 Å². The van der Waals surface area contributed by atoms with Gasteiger partial charge in [-0.2, -0.15) is 0 Å². The third kappa shape index (κ3) is 3.57. The summed E-state index contributed by atoms with van der Waals surface area (Å²) in [6.45, 7) is 4.56. The molecule has 1 heterocycles. The number of ether oxygens (including phenoxy) is 2. The average Bonchev–Trinajstić information content (AvgIpc) is 3.20. The lowest BCUT2D eigenvalue weighted by molar-refractivity contribution is -0.185. The zero-order chi connectivity index (χ0) is 21.5. The summed E-state index contributed by atoms with van der Waals surface area (Å²) in [5, 5.41) is 34.4. The molecule has 3 aliphatic rings. The molecule has 6 atom stereocenters. The highest BCUT2D eigenvalue weighted by molar-refractivity contribution is 5.76. The maximum Gasteiger partial charge on any atom is 0.231 e. The van der Waals surface area contributed by atoms with Gasteiger partial charge in [0.2, 0.25) is 12.7 Å². The largest absolute Gasteiger partial charge is 0.454 e. The van der Waals surface area contributed by atoms with Crippen LogP contribution < -0.4 is 14.8 Å². The van der Waals surface area contributed by atoms with E-state index in [-0.39, 0.29) is 43.0 Å². The first-order valence-corrected chi connectivity index (χ1v) is 10.9. The molecule has 0 saturated heterocycles. The fourth-order valence-corrected chi connectivity index (χ4v) is 6.13. The number of aliphatic hydroxyl groups excluding tert-OH is 3. The van der Waals surface area contributed by atoms with Crippen molar-refractivity contribution in [3.8, 4) is 11.5 Å². The van der Waals surface area contributed by atoms with Gasteiger partial charge in [-0.15, -0.1) is 0 Å². The Morgan fingerprint density at radius 1 is 1.17 bits per heavy atom. The fraction of sp³-hybridized carbons (Fsp3) is 0.696. The first-order chi connectivity index (χ1) is 14.3. The fourth-order valence-electron chi connectivity index (χ4n) is 6.13. The van der Waals surface area contributed by atoms with Crippen molar-refractivity contribution in [2.24, 2.45) is 22.7 Å². The minimum atomic E-state index is -0.603. The summed E-state index contributed by atoms with van der Waals surface area (Å²) in [6.07, 6.45) is 1.77. The van der Waals surface area contributed by atoms with Crippen molar-refractivity contribution in [3.05, 3.63) is 23.8 Å². The number of amides is 1. The Morgan fingerprint density at radius 2 is 1.93 bits per heavy atom. The van der Waals surface area contributed by atoms with Crippen LogP contribution in [0, 0.1) is 22.7 Å². The Morgan fingerprint density at radius 3 is 2.70 bits per heavy atom. The van der Waals surface area contributed by atoms with Gasteiger partial charge in [-0.1, -0.05) is 19.9 Å². The van der Waals surface area contributed by atoms with Gasteiger partial charge in [-0.25, -0.2) is 0 Å². The quantitative estimate of drug-likeness (QED) is 0.581. The zero-order valence-electron chi connectivity index (χ0n) is 17.8. The van der Waals surface area contributed by atoms with Crippen molar-refractivity contribution in [1.29, 1.82) is 0 Å². The predicted octanol–water partition coefficient (Wildman–Crippen LogP) is 1.97. The van der Waals surface area contributed by atoms with Crippen LogP contribution in [0.1, 0.15) is 51.5 Å². The van der Waals surface area contributed by atoms with Crippen molar-refractivity contribution in [3.63, 3.8) is 0 Å². The highest BCUT2D eigenvalue weighted by Gasteiger charge is 2.58. The molecule has 1 unspecified atom stereocenters. The Labute approximate surface area is 177 Å². The van der Waals surface area contributed by atoms with Crippen molar-refractivity contribution in [2.75, 3.05) is 13.4 Å². The van der Waals surface area contributed by atoms with Crippen molar-refractivity contribution < 1.29 is 29.6 Å². The van der Waals surface area contributed by atoms with Gasteiger partial charge in [-0.3, -0.25) is 4.79 Å². The second-order valence-electron chi connectivity index (χ2n) is 9.70. The molecule has 166 valence electrons. The molecular formula is C23H33NO6. The molecule has 0 radical (unpaired) electrons. The maximum atomic E-state index is 12.8. The molecule has 1 aromatic rings. The van der Waals surface area contributed by atoms with Crippen LogP contribution in [-0.4, -0.2) is 46.8 Å². The van der Waals surface area contributed by atoms with Gasteiger partial charge in [0, 0.05) is 18.4 Å². The van der Waals surface area contributed by atoms with Crippen LogP contribution in [0.3, 0.4) is 0 Å². The molecule has 7 nitrogen and oxygen atoms in total. The smallest absolute Gasteiger partial charge is 0.231 e. The molecule has 2 aliphatic carbocycles. The molecule has 4 N–H and O–H groups in total.